The van der Waals surface area contributed by atoms with Crippen molar-refractivity contribution in [1.82, 2.24) is 0 Å². The molecule has 1 heterocycles. The molecular weight excluding hydrogens is 444 g/mol. The Balaban J connectivity index is 1.62. The van der Waals surface area contributed by atoms with Crippen LogP contribution < -0.4 is 4.74 Å². The first-order valence-electron chi connectivity index (χ1n) is 13.0. The Labute approximate surface area is 206 Å². The Morgan fingerprint density at radius 2 is 1.94 bits per heavy atom. The van der Waals surface area contributed by atoms with Gasteiger partial charge in [-0.15, -0.1) is 0 Å². The first-order valence-corrected chi connectivity index (χ1v) is 15.9. The number of carbonyl (C=O) groups is 1. The molecule has 3 aliphatic rings. The van der Waals surface area contributed by atoms with Crippen molar-refractivity contribution in [1.29, 1.82) is 0 Å². The SMILES string of the molecule is COc1cccc2c1CC1CC(=O)C(CCCOC3CCCCO3)=C1[C@@H]2O[Si](C)(C)C(C)(C)C. The lowest BCUT2D eigenvalue weighted by atomic mass is 9.78. The van der Waals surface area contributed by atoms with E-state index in [-0.39, 0.29) is 29.1 Å². The quantitative estimate of drug-likeness (QED) is 0.309. The van der Waals surface area contributed by atoms with Gasteiger partial charge in [-0.25, -0.2) is 0 Å². The third kappa shape index (κ3) is 5.20. The fourth-order valence-corrected chi connectivity index (χ4v) is 6.46. The minimum absolute atomic E-state index is 0.0795. The number of ether oxygens (including phenoxy) is 3. The van der Waals surface area contributed by atoms with Crippen molar-refractivity contribution in [2.24, 2.45) is 5.92 Å². The lowest BCUT2D eigenvalue weighted by molar-refractivity contribution is -0.162. The predicted octanol–water partition coefficient (Wildman–Crippen LogP) is 6.52. The van der Waals surface area contributed by atoms with E-state index in [9.17, 15) is 4.79 Å². The van der Waals surface area contributed by atoms with Crippen LogP contribution in [0.4, 0.5) is 0 Å². The van der Waals surface area contributed by atoms with Crippen LogP contribution in [0.25, 0.3) is 0 Å². The molecule has 188 valence electrons. The summed E-state index contributed by atoms with van der Waals surface area (Å²) in [6, 6.07) is 6.25. The lowest BCUT2D eigenvalue weighted by Crippen LogP contribution is -2.43. The Bertz CT molecular complexity index is 923. The number of benzene rings is 1. The zero-order valence-corrected chi connectivity index (χ0v) is 22.9. The second kappa shape index (κ2) is 10.3. The summed E-state index contributed by atoms with van der Waals surface area (Å²) >= 11 is 0. The molecule has 5 nitrogen and oxygen atoms in total. The van der Waals surface area contributed by atoms with Crippen molar-refractivity contribution in [3.63, 3.8) is 0 Å². The molecule has 1 saturated heterocycles. The summed E-state index contributed by atoms with van der Waals surface area (Å²) in [6.07, 6.45) is 5.98. The maximum atomic E-state index is 13.3. The van der Waals surface area contributed by atoms with E-state index in [1.165, 1.54) is 16.7 Å². The van der Waals surface area contributed by atoms with Gasteiger partial charge >= 0.3 is 0 Å². The minimum atomic E-state index is -2.09. The van der Waals surface area contributed by atoms with Gasteiger partial charge in [-0.3, -0.25) is 4.79 Å². The van der Waals surface area contributed by atoms with E-state index in [1.54, 1.807) is 7.11 Å². The van der Waals surface area contributed by atoms with Gasteiger partial charge in [-0.2, -0.15) is 0 Å². The van der Waals surface area contributed by atoms with Crippen LogP contribution in [-0.4, -0.2) is 40.7 Å². The third-order valence-corrected chi connectivity index (χ3v) is 12.6. The highest BCUT2D eigenvalue weighted by Gasteiger charge is 2.47. The van der Waals surface area contributed by atoms with Crippen LogP contribution in [0.15, 0.2) is 29.3 Å². The molecule has 2 unspecified atom stereocenters. The van der Waals surface area contributed by atoms with Gasteiger partial charge < -0.3 is 18.6 Å². The largest absolute Gasteiger partial charge is 0.496 e. The number of methoxy groups -OCH3 is 1. The molecule has 0 amide bonds. The predicted molar refractivity (Wildman–Crippen MR) is 137 cm³/mol. The van der Waals surface area contributed by atoms with Crippen molar-refractivity contribution in [3.8, 4) is 5.75 Å². The second-order valence-electron chi connectivity index (χ2n) is 11.5. The number of hydrogen-bond acceptors (Lipinski definition) is 5. The van der Waals surface area contributed by atoms with E-state index in [2.05, 4.69) is 46.0 Å². The fourth-order valence-electron chi connectivity index (χ4n) is 5.26. The molecule has 0 spiro atoms. The maximum absolute atomic E-state index is 13.3. The summed E-state index contributed by atoms with van der Waals surface area (Å²) in [4.78, 5) is 13.3. The molecule has 2 aliphatic carbocycles. The van der Waals surface area contributed by atoms with Gasteiger partial charge in [-0.1, -0.05) is 32.9 Å². The molecule has 1 aromatic carbocycles. The second-order valence-corrected chi connectivity index (χ2v) is 16.3. The highest BCUT2D eigenvalue weighted by Crippen LogP contribution is 2.52. The van der Waals surface area contributed by atoms with Gasteiger partial charge in [0.05, 0.1) is 19.8 Å². The van der Waals surface area contributed by atoms with Crippen LogP contribution >= 0.6 is 0 Å². The van der Waals surface area contributed by atoms with Crippen molar-refractivity contribution in [3.05, 3.63) is 40.5 Å². The van der Waals surface area contributed by atoms with Crippen molar-refractivity contribution in [2.45, 2.75) is 96.2 Å². The number of hydrogen-bond donors (Lipinski definition) is 0. The number of Topliss-reactive ketones (excluding diaryl/α,β-unsaturated/α-hetero) is 1. The van der Waals surface area contributed by atoms with E-state index in [1.807, 2.05) is 6.07 Å². The zero-order chi connectivity index (χ0) is 24.5. The molecule has 34 heavy (non-hydrogen) atoms. The van der Waals surface area contributed by atoms with E-state index >= 15 is 0 Å². The molecule has 0 aromatic heterocycles. The summed E-state index contributed by atoms with van der Waals surface area (Å²) in [5.41, 5.74) is 4.59. The van der Waals surface area contributed by atoms with Crippen LogP contribution in [0, 0.1) is 5.92 Å². The first kappa shape index (κ1) is 25.6. The molecule has 0 bridgehead atoms. The average Bonchev–Trinajstić information content (AvgIpc) is 3.11. The topological polar surface area (TPSA) is 54.0 Å². The maximum Gasteiger partial charge on any atom is 0.193 e. The Kier molecular flexibility index (Phi) is 7.73. The number of rotatable bonds is 8. The summed E-state index contributed by atoms with van der Waals surface area (Å²) in [7, 11) is -0.360. The summed E-state index contributed by atoms with van der Waals surface area (Å²) in [5.74, 6) is 1.38. The van der Waals surface area contributed by atoms with Crippen molar-refractivity contribution < 1.29 is 23.4 Å². The van der Waals surface area contributed by atoms with Crippen LogP contribution in [0.1, 0.15) is 76.5 Å². The Hall–Kier alpha value is -1.47. The normalized spacial score (nSPS) is 25.4. The molecule has 4 rings (SSSR count). The van der Waals surface area contributed by atoms with E-state index in [0.717, 1.165) is 56.5 Å². The molecule has 3 atom stereocenters. The van der Waals surface area contributed by atoms with Crippen LogP contribution in [0.5, 0.6) is 5.75 Å². The molecule has 1 fully saturated rings. The van der Waals surface area contributed by atoms with Gasteiger partial charge in [0, 0.05) is 18.6 Å². The van der Waals surface area contributed by atoms with E-state index in [4.69, 9.17) is 18.6 Å². The molecule has 1 aliphatic heterocycles. The highest BCUT2D eigenvalue weighted by molar-refractivity contribution is 6.74. The number of carbonyl (C=O) groups excluding carboxylic acids is 1. The van der Waals surface area contributed by atoms with Crippen LogP contribution in [0.3, 0.4) is 0 Å². The number of fused-ring (bicyclic) bond motifs is 2. The number of allylic oxidation sites excluding steroid dienone is 1. The first-order chi connectivity index (χ1) is 16.1. The van der Waals surface area contributed by atoms with Crippen LogP contribution in [-0.2, 0) is 25.1 Å². The fraction of sp³-hybridized carbons (Fsp3) is 0.679. The lowest BCUT2D eigenvalue weighted by Gasteiger charge is -2.43. The molecule has 6 heteroatoms. The van der Waals surface area contributed by atoms with Crippen molar-refractivity contribution in [2.75, 3.05) is 20.3 Å². The molecule has 0 N–H and O–H groups in total. The van der Waals surface area contributed by atoms with Gasteiger partial charge in [0.1, 0.15) is 5.75 Å². The smallest absolute Gasteiger partial charge is 0.193 e. The zero-order valence-electron chi connectivity index (χ0n) is 21.9. The van der Waals surface area contributed by atoms with E-state index < -0.39 is 8.32 Å². The van der Waals surface area contributed by atoms with Gasteiger partial charge in [0.2, 0.25) is 0 Å². The molecule has 0 radical (unpaired) electrons. The average molecular weight is 487 g/mol. The van der Waals surface area contributed by atoms with Gasteiger partial charge in [0.25, 0.3) is 0 Å². The Morgan fingerprint density at radius 1 is 1.15 bits per heavy atom. The third-order valence-electron chi connectivity index (χ3n) is 8.19. The van der Waals surface area contributed by atoms with Gasteiger partial charge in [0.15, 0.2) is 20.4 Å². The molecule has 0 saturated carbocycles. The number of ketones is 1. The summed E-state index contributed by atoms with van der Waals surface area (Å²) in [5, 5.41) is 0.0795. The van der Waals surface area contributed by atoms with Crippen molar-refractivity contribution >= 4 is 14.1 Å². The van der Waals surface area contributed by atoms with Gasteiger partial charge in [-0.05, 0) is 85.4 Å². The summed E-state index contributed by atoms with van der Waals surface area (Å²) in [6.45, 7) is 12.8. The summed E-state index contributed by atoms with van der Waals surface area (Å²) < 4.78 is 24.5. The monoisotopic (exact) mass is 486 g/mol. The highest BCUT2D eigenvalue weighted by atomic mass is 28.4. The molecule has 1 aromatic rings. The van der Waals surface area contributed by atoms with E-state index in [0.29, 0.717) is 13.0 Å². The minimum Gasteiger partial charge on any atom is -0.496 e. The molecular formula is C28H42O5Si. The Morgan fingerprint density at radius 3 is 2.62 bits per heavy atom. The van der Waals surface area contributed by atoms with Crippen LogP contribution in [0.2, 0.25) is 18.1 Å². The standard InChI is InChI=1S/C28H42O5Si/c1-28(2,3)34(5,6)33-27-20-11-9-13-24(30-4)22(20)17-19-18-23(29)21(26(19)27)12-10-16-32-25-14-7-8-15-31-25/h9,11,13,19,25,27H,7-8,10,12,14-18H2,1-6H3/t19?,25?,27-/m1/s1.